The monoisotopic (exact) mass is 400 g/mol. The maximum Gasteiger partial charge on any atom is 0.0929 e. The summed E-state index contributed by atoms with van der Waals surface area (Å²) < 4.78 is 13.5. The van der Waals surface area contributed by atoms with Gasteiger partial charge in [0.25, 0.3) is 0 Å². The summed E-state index contributed by atoms with van der Waals surface area (Å²) >= 11 is 0. The fourth-order valence-electron chi connectivity index (χ4n) is 4.35. The van der Waals surface area contributed by atoms with Crippen LogP contribution in [0.5, 0.6) is 0 Å². The first-order valence-corrected chi connectivity index (χ1v) is 10.8. The van der Waals surface area contributed by atoms with Gasteiger partial charge in [-0.15, -0.1) is 0 Å². The summed E-state index contributed by atoms with van der Waals surface area (Å²) in [6, 6.07) is 15.2. The van der Waals surface area contributed by atoms with Gasteiger partial charge in [0.2, 0.25) is 0 Å². The molecule has 0 aromatic heterocycles. The molecule has 3 rings (SSSR count). The molecule has 0 fully saturated rings. The van der Waals surface area contributed by atoms with Gasteiger partial charge in [0.05, 0.1) is 5.83 Å². The first kappa shape index (κ1) is 22.0. The quantitative estimate of drug-likeness (QED) is 0.458. The van der Waals surface area contributed by atoms with E-state index in [1.807, 2.05) is 0 Å². The van der Waals surface area contributed by atoms with Crippen LogP contribution in [0.15, 0.2) is 84.7 Å². The molecule has 0 radical (unpaired) electrons. The fraction of sp³-hybridized carbons (Fsp3) is 0.310. The minimum Gasteiger partial charge on any atom is -0.212 e. The van der Waals surface area contributed by atoms with E-state index in [2.05, 4.69) is 82.5 Å². The van der Waals surface area contributed by atoms with E-state index in [1.165, 1.54) is 29.2 Å². The third-order valence-electron chi connectivity index (χ3n) is 6.31. The average Bonchev–Trinajstić information content (AvgIpc) is 2.69. The summed E-state index contributed by atoms with van der Waals surface area (Å²) in [5.74, 6) is 0.565. The molecule has 1 unspecified atom stereocenters. The number of rotatable bonds is 6. The second-order valence-electron chi connectivity index (χ2n) is 8.81. The molecule has 1 aliphatic rings. The Balaban J connectivity index is 1.95. The molecule has 2 atom stereocenters. The molecule has 2 aromatic rings. The van der Waals surface area contributed by atoms with Gasteiger partial charge in [-0.3, -0.25) is 0 Å². The molecule has 156 valence electrons. The predicted molar refractivity (Wildman–Crippen MR) is 128 cm³/mol. The lowest BCUT2D eigenvalue weighted by molar-refractivity contribution is 0.379. The lowest BCUT2D eigenvalue weighted by Gasteiger charge is -2.32. The summed E-state index contributed by atoms with van der Waals surface area (Å²) in [7, 11) is 0. The van der Waals surface area contributed by atoms with Gasteiger partial charge in [-0.05, 0) is 97.8 Å². The summed E-state index contributed by atoms with van der Waals surface area (Å²) in [5, 5.41) is 0. The number of allylic oxidation sites excluding steroid dienone is 6. The van der Waals surface area contributed by atoms with Crippen LogP contribution in [0.2, 0.25) is 0 Å². The minimum absolute atomic E-state index is 0.107. The van der Waals surface area contributed by atoms with Crippen molar-refractivity contribution in [3.8, 4) is 0 Å². The predicted octanol–water partition coefficient (Wildman–Crippen LogP) is 8.25. The highest BCUT2D eigenvalue weighted by molar-refractivity contribution is 5.82. The molecule has 2 aromatic carbocycles. The van der Waals surface area contributed by atoms with Crippen molar-refractivity contribution in [3.05, 3.63) is 113 Å². The van der Waals surface area contributed by atoms with Crippen LogP contribution in [0.1, 0.15) is 47.6 Å². The van der Waals surface area contributed by atoms with Crippen molar-refractivity contribution in [3.63, 3.8) is 0 Å². The van der Waals surface area contributed by atoms with Gasteiger partial charge in [-0.2, -0.15) is 0 Å². The van der Waals surface area contributed by atoms with Gasteiger partial charge in [-0.1, -0.05) is 73.3 Å². The maximum atomic E-state index is 13.5. The highest BCUT2D eigenvalue weighted by atomic mass is 19.1. The van der Waals surface area contributed by atoms with Crippen molar-refractivity contribution in [2.75, 3.05) is 0 Å². The molecule has 0 saturated heterocycles. The Morgan fingerprint density at radius 2 is 1.87 bits per heavy atom. The molecule has 0 heterocycles. The summed E-state index contributed by atoms with van der Waals surface area (Å²) in [4.78, 5) is 0. The Kier molecular flexibility index (Phi) is 6.92. The van der Waals surface area contributed by atoms with Gasteiger partial charge < -0.3 is 0 Å². The van der Waals surface area contributed by atoms with Crippen LogP contribution >= 0.6 is 0 Å². The van der Waals surface area contributed by atoms with Gasteiger partial charge in [-0.25, -0.2) is 4.39 Å². The Bertz CT molecular complexity index is 1010. The van der Waals surface area contributed by atoms with Crippen LogP contribution in [-0.4, -0.2) is 0 Å². The number of benzene rings is 2. The first-order valence-electron chi connectivity index (χ1n) is 10.8. The van der Waals surface area contributed by atoms with E-state index in [0.29, 0.717) is 11.8 Å². The molecule has 0 aliphatic heterocycles. The van der Waals surface area contributed by atoms with Crippen LogP contribution in [-0.2, 0) is 6.42 Å². The Morgan fingerprint density at radius 1 is 1.10 bits per heavy atom. The van der Waals surface area contributed by atoms with Crippen molar-refractivity contribution < 1.29 is 4.39 Å². The smallest absolute Gasteiger partial charge is 0.0929 e. The second kappa shape index (κ2) is 9.43. The van der Waals surface area contributed by atoms with Gasteiger partial charge in [0.15, 0.2) is 0 Å². The van der Waals surface area contributed by atoms with E-state index in [4.69, 9.17) is 0 Å². The molecule has 0 bridgehead atoms. The van der Waals surface area contributed by atoms with Crippen LogP contribution < -0.4 is 0 Å². The van der Waals surface area contributed by atoms with Crippen molar-refractivity contribution >= 4 is 5.57 Å². The van der Waals surface area contributed by atoms with E-state index < -0.39 is 0 Å². The molecular formula is C29H33F. The first-order chi connectivity index (χ1) is 14.2. The lowest BCUT2D eigenvalue weighted by atomic mass is 9.72. The molecule has 0 nitrogen and oxygen atoms in total. The molecule has 1 aliphatic carbocycles. The third-order valence-corrected chi connectivity index (χ3v) is 6.31. The molecule has 0 spiro atoms. The zero-order chi connectivity index (χ0) is 21.8. The number of aryl methyl sites for hydroxylation is 3. The number of hydrogen-bond acceptors (Lipinski definition) is 0. The fourth-order valence-corrected chi connectivity index (χ4v) is 4.35. The maximum absolute atomic E-state index is 13.5. The summed E-state index contributed by atoms with van der Waals surface area (Å²) in [5.41, 5.74) is 9.60. The van der Waals surface area contributed by atoms with Crippen molar-refractivity contribution in [2.45, 2.75) is 47.0 Å². The number of hydrogen-bond donors (Lipinski definition) is 0. The highest BCUT2D eigenvalue weighted by Gasteiger charge is 2.28. The van der Waals surface area contributed by atoms with Crippen LogP contribution in [0, 0.1) is 32.6 Å². The van der Waals surface area contributed by atoms with Gasteiger partial charge >= 0.3 is 0 Å². The average molecular weight is 401 g/mol. The van der Waals surface area contributed by atoms with E-state index in [-0.39, 0.29) is 5.83 Å². The van der Waals surface area contributed by atoms with Crippen molar-refractivity contribution in [1.82, 2.24) is 0 Å². The van der Waals surface area contributed by atoms with E-state index in [1.54, 1.807) is 6.08 Å². The largest absolute Gasteiger partial charge is 0.212 e. The normalized spacial score (nSPS) is 19.6. The van der Waals surface area contributed by atoms with E-state index >= 15 is 0 Å². The number of halogens is 1. The van der Waals surface area contributed by atoms with E-state index in [9.17, 15) is 4.39 Å². The van der Waals surface area contributed by atoms with Crippen LogP contribution in [0.25, 0.3) is 5.57 Å². The van der Waals surface area contributed by atoms with Crippen LogP contribution in [0.3, 0.4) is 0 Å². The Labute approximate surface area is 181 Å². The van der Waals surface area contributed by atoms with Gasteiger partial charge in [0.1, 0.15) is 0 Å². The second-order valence-corrected chi connectivity index (χ2v) is 8.81. The minimum atomic E-state index is -0.107. The molecular weight excluding hydrogens is 367 g/mol. The van der Waals surface area contributed by atoms with Crippen LogP contribution in [0.4, 0.5) is 4.39 Å². The lowest BCUT2D eigenvalue weighted by Crippen LogP contribution is -2.21. The Hall–Kier alpha value is -2.67. The SMILES string of the molecule is C=C1C[C@H](C/C=C(\C)F)C(Cc2cccc(C)c2)C=C1C(=C)c1ccc(C)c(C)c1. The summed E-state index contributed by atoms with van der Waals surface area (Å²) in [6.07, 6.45) is 6.62. The van der Waals surface area contributed by atoms with Crippen molar-refractivity contribution in [1.29, 1.82) is 0 Å². The third kappa shape index (κ3) is 5.27. The molecule has 0 N–H and O–H groups in total. The summed E-state index contributed by atoms with van der Waals surface area (Å²) in [6.45, 7) is 16.7. The molecule has 1 heteroatoms. The zero-order valence-electron chi connectivity index (χ0n) is 18.8. The van der Waals surface area contributed by atoms with E-state index in [0.717, 1.165) is 41.5 Å². The van der Waals surface area contributed by atoms with Gasteiger partial charge in [0, 0.05) is 0 Å². The molecule has 0 saturated carbocycles. The molecule has 0 amide bonds. The highest BCUT2D eigenvalue weighted by Crippen LogP contribution is 2.41. The topological polar surface area (TPSA) is 0 Å². The van der Waals surface area contributed by atoms with Crippen molar-refractivity contribution in [2.24, 2.45) is 11.8 Å². The zero-order valence-corrected chi connectivity index (χ0v) is 18.8. The standard InChI is InChI=1S/C29H33F/c1-19-8-7-9-25(14-19)17-28-18-29(22(4)16-27(28)13-11-23(5)30)24(6)26-12-10-20(2)21(3)15-26/h7-12,14-15,18,27-28H,4,6,13,16-17H2,1-3,5H3/b23-11+/t27-,28?/m0/s1. The Morgan fingerprint density at radius 3 is 2.53 bits per heavy atom. The molecule has 30 heavy (non-hydrogen) atoms.